The molecule has 0 radical (unpaired) electrons. The van der Waals surface area contributed by atoms with Crippen molar-refractivity contribution in [3.05, 3.63) is 42.0 Å². The molecule has 2 N–H and O–H groups in total. The average Bonchev–Trinajstić information content (AvgIpc) is 2.35. The third-order valence-corrected chi connectivity index (χ3v) is 3.26. The summed E-state index contributed by atoms with van der Waals surface area (Å²) in [5.41, 5.74) is 0.539. The molecule has 0 aliphatic heterocycles. The Morgan fingerprint density at radius 1 is 1.15 bits per heavy atom. The smallest absolute Gasteiger partial charge is 0.448 e. The zero-order chi connectivity index (χ0) is 14.9. The highest BCUT2D eigenvalue weighted by Crippen LogP contribution is 2.25. The Labute approximate surface area is 115 Å². The SMILES string of the molecule is C[C@H](C(=O)OS(=O)(=O)O)c1ccc2cc(O)ccc2c1. The molecule has 0 aliphatic carbocycles. The van der Waals surface area contributed by atoms with Gasteiger partial charge in [0.1, 0.15) is 5.75 Å². The summed E-state index contributed by atoms with van der Waals surface area (Å²) < 4.78 is 33.4. The minimum atomic E-state index is -4.81. The molecular formula is C13H12O6S. The fourth-order valence-electron chi connectivity index (χ4n) is 1.83. The van der Waals surface area contributed by atoms with Crippen LogP contribution in [0.2, 0.25) is 0 Å². The van der Waals surface area contributed by atoms with Gasteiger partial charge in [0, 0.05) is 0 Å². The van der Waals surface area contributed by atoms with Crippen molar-refractivity contribution in [2.45, 2.75) is 12.8 Å². The van der Waals surface area contributed by atoms with E-state index in [4.69, 9.17) is 4.55 Å². The van der Waals surface area contributed by atoms with Crippen molar-refractivity contribution < 1.29 is 27.1 Å². The first-order chi connectivity index (χ1) is 9.26. The first-order valence-corrected chi connectivity index (χ1v) is 7.06. The maximum absolute atomic E-state index is 11.5. The van der Waals surface area contributed by atoms with E-state index in [9.17, 15) is 18.3 Å². The van der Waals surface area contributed by atoms with Gasteiger partial charge in [0.05, 0.1) is 5.92 Å². The quantitative estimate of drug-likeness (QED) is 0.840. The molecular weight excluding hydrogens is 284 g/mol. The van der Waals surface area contributed by atoms with Gasteiger partial charge in [-0.1, -0.05) is 24.3 Å². The highest BCUT2D eigenvalue weighted by Gasteiger charge is 2.22. The normalized spacial score (nSPS) is 13.1. The summed E-state index contributed by atoms with van der Waals surface area (Å²) in [5.74, 6) is -1.79. The number of carbonyl (C=O) groups excluding carboxylic acids is 1. The van der Waals surface area contributed by atoms with Crippen molar-refractivity contribution >= 4 is 27.1 Å². The largest absolute Gasteiger partial charge is 0.508 e. The van der Waals surface area contributed by atoms with Gasteiger partial charge in [0.2, 0.25) is 0 Å². The van der Waals surface area contributed by atoms with E-state index in [0.717, 1.165) is 10.8 Å². The van der Waals surface area contributed by atoms with E-state index in [0.29, 0.717) is 5.56 Å². The topological polar surface area (TPSA) is 101 Å². The number of hydrogen-bond acceptors (Lipinski definition) is 5. The average molecular weight is 296 g/mol. The van der Waals surface area contributed by atoms with Crippen LogP contribution in [0.5, 0.6) is 5.75 Å². The number of carbonyl (C=O) groups is 1. The van der Waals surface area contributed by atoms with E-state index < -0.39 is 22.3 Å². The van der Waals surface area contributed by atoms with Gasteiger partial charge < -0.3 is 9.29 Å². The molecule has 0 spiro atoms. The summed E-state index contributed by atoms with van der Waals surface area (Å²) in [6.07, 6.45) is 0. The molecule has 6 nitrogen and oxygen atoms in total. The number of aromatic hydroxyl groups is 1. The standard InChI is InChI=1S/C13H12O6S/c1-8(13(15)19-20(16,17)18)9-2-3-11-7-12(14)5-4-10(11)6-9/h2-8,14H,1H3,(H,16,17,18)/t8-/m0/s1. The number of phenolic OH excluding ortho intramolecular Hbond substituents is 1. The lowest BCUT2D eigenvalue weighted by molar-refractivity contribution is -0.135. The van der Waals surface area contributed by atoms with Crippen LogP contribution < -0.4 is 0 Å². The highest BCUT2D eigenvalue weighted by atomic mass is 32.3. The van der Waals surface area contributed by atoms with Gasteiger partial charge in [-0.15, -0.1) is 0 Å². The van der Waals surface area contributed by atoms with E-state index in [1.54, 1.807) is 30.3 Å². The summed E-state index contributed by atoms with van der Waals surface area (Å²) in [7, 11) is -4.81. The van der Waals surface area contributed by atoms with Crippen LogP contribution in [-0.2, 0) is 19.4 Å². The Hall–Kier alpha value is -2.12. The van der Waals surface area contributed by atoms with Gasteiger partial charge in [-0.3, -0.25) is 9.35 Å². The lowest BCUT2D eigenvalue weighted by Crippen LogP contribution is -2.17. The summed E-state index contributed by atoms with van der Waals surface area (Å²) in [6.45, 7) is 1.47. The van der Waals surface area contributed by atoms with Crippen molar-refractivity contribution in [2.75, 3.05) is 0 Å². The number of fused-ring (bicyclic) bond motifs is 1. The van der Waals surface area contributed by atoms with E-state index in [1.807, 2.05) is 0 Å². The summed E-state index contributed by atoms with van der Waals surface area (Å²) in [6, 6.07) is 9.76. The molecule has 106 valence electrons. The number of benzene rings is 2. The van der Waals surface area contributed by atoms with Gasteiger partial charge in [-0.25, -0.2) is 0 Å². The van der Waals surface area contributed by atoms with E-state index in [-0.39, 0.29) is 5.75 Å². The van der Waals surface area contributed by atoms with E-state index in [1.165, 1.54) is 13.0 Å². The van der Waals surface area contributed by atoms with Crippen molar-refractivity contribution in [3.8, 4) is 5.75 Å². The van der Waals surface area contributed by atoms with Crippen LogP contribution in [-0.4, -0.2) is 24.0 Å². The Bertz CT molecular complexity index is 766. The van der Waals surface area contributed by atoms with Crippen molar-refractivity contribution in [2.24, 2.45) is 0 Å². The van der Waals surface area contributed by atoms with Crippen LogP contribution in [0.4, 0.5) is 0 Å². The Morgan fingerprint density at radius 2 is 1.75 bits per heavy atom. The maximum atomic E-state index is 11.5. The van der Waals surface area contributed by atoms with Crippen LogP contribution in [0.25, 0.3) is 10.8 Å². The lowest BCUT2D eigenvalue weighted by atomic mass is 9.98. The molecule has 1 atom stereocenters. The minimum Gasteiger partial charge on any atom is -0.508 e. The van der Waals surface area contributed by atoms with Crippen LogP contribution in [0.15, 0.2) is 36.4 Å². The molecule has 0 saturated carbocycles. The monoisotopic (exact) mass is 296 g/mol. The molecule has 0 heterocycles. The fourth-order valence-corrected chi connectivity index (χ4v) is 2.18. The molecule has 0 aliphatic rings. The molecule has 2 rings (SSSR count). The molecule has 0 aromatic heterocycles. The predicted molar refractivity (Wildman–Crippen MR) is 71.7 cm³/mol. The highest BCUT2D eigenvalue weighted by molar-refractivity contribution is 7.81. The first-order valence-electron chi connectivity index (χ1n) is 5.70. The molecule has 2 aromatic carbocycles. The Balaban J connectivity index is 2.33. The van der Waals surface area contributed by atoms with Gasteiger partial charge in [0.15, 0.2) is 0 Å². The van der Waals surface area contributed by atoms with Crippen molar-refractivity contribution in [1.82, 2.24) is 0 Å². The minimum absolute atomic E-state index is 0.129. The number of hydrogen-bond donors (Lipinski definition) is 2. The van der Waals surface area contributed by atoms with E-state index >= 15 is 0 Å². The zero-order valence-corrected chi connectivity index (χ0v) is 11.3. The number of phenols is 1. The van der Waals surface area contributed by atoms with Crippen LogP contribution in [0.3, 0.4) is 0 Å². The molecule has 20 heavy (non-hydrogen) atoms. The molecule has 7 heteroatoms. The van der Waals surface area contributed by atoms with Crippen LogP contribution in [0, 0.1) is 0 Å². The Morgan fingerprint density at radius 3 is 2.40 bits per heavy atom. The number of rotatable bonds is 3. The first kappa shape index (κ1) is 14.3. The van der Waals surface area contributed by atoms with Gasteiger partial charge in [0.25, 0.3) is 0 Å². The lowest BCUT2D eigenvalue weighted by Gasteiger charge is -2.10. The van der Waals surface area contributed by atoms with E-state index in [2.05, 4.69) is 4.18 Å². The van der Waals surface area contributed by atoms with Crippen LogP contribution in [0.1, 0.15) is 18.4 Å². The summed E-state index contributed by atoms with van der Waals surface area (Å²) in [4.78, 5) is 11.5. The van der Waals surface area contributed by atoms with Gasteiger partial charge >= 0.3 is 16.4 Å². The second-order valence-electron chi connectivity index (χ2n) is 4.34. The second-order valence-corrected chi connectivity index (χ2v) is 5.36. The fraction of sp³-hybridized carbons (Fsp3) is 0.154. The maximum Gasteiger partial charge on any atom is 0.448 e. The molecule has 2 aromatic rings. The van der Waals surface area contributed by atoms with Crippen LogP contribution >= 0.6 is 0 Å². The molecule has 0 fully saturated rings. The second kappa shape index (κ2) is 5.10. The molecule has 0 bridgehead atoms. The third-order valence-electron chi connectivity index (χ3n) is 2.89. The van der Waals surface area contributed by atoms with Crippen molar-refractivity contribution in [1.29, 1.82) is 0 Å². The summed E-state index contributed by atoms with van der Waals surface area (Å²) >= 11 is 0. The molecule has 0 unspecified atom stereocenters. The molecule has 0 amide bonds. The predicted octanol–water partition coefficient (Wildman–Crippen LogP) is 1.99. The Kier molecular flexibility index (Phi) is 3.65. The van der Waals surface area contributed by atoms with Crippen molar-refractivity contribution in [3.63, 3.8) is 0 Å². The third kappa shape index (κ3) is 3.25. The van der Waals surface area contributed by atoms with Gasteiger partial charge in [-0.2, -0.15) is 8.42 Å². The molecule has 0 saturated heterocycles. The summed E-state index contributed by atoms with van der Waals surface area (Å²) in [5, 5.41) is 10.9. The van der Waals surface area contributed by atoms with Gasteiger partial charge in [-0.05, 0) is 35.4 Å². The zero-order valence-electron chi connectivity index (χ0n) is 10.5.